The molecule has 222 valence electrons. The Morgan fingerprint density at radius 3 is 0.870 bits per heavy atom. The van der Waals surface area contributed by atoms with Gasteiger partial charge in [-0.25, -0.2) is 9.98 Å². The van der Waals surface area contributed by atoms with Crippen LogP contribution in [0, 0.1) is 0 Å². The minimum atomic E-state index is 0.328. The summed E-state index contributed by atoms with van der Waals surface area (Å²) in [6, 6.07) is 54.9. The largest absolute Gasteiger partial charge is 0.226 e. The zero-order valence-corrected chi connectivity index (χ0v) is 26.2. The molecule has 0 aliphatic heterocycles. The van der Waals surface area contributed by atoms with Crippen LogP contribution in [0.5, 0.6) is 0 Å². The van der Waals surface area contributed by atoms with Crippen LogP contribution in [0.25, 0.3) is 0 Å². The number of nitrogens with zero attached hydrogens (tertiary/aromatic N) is 4. The molecule has 4 nitrogen and oxygen atoms in total. The zero-order chi connectivity index (χ0) is 31.6. The third-order valence-electron chi connectivity index (χ3n) is 7.09. The topological polar surface area (TPSA) is 49.4 Å². The molecule has 0 aliphatic rings. The van der Waals surface area contributed by atoms with Gasteiger partial charge in [0.2, 0.25) is 0 Å². The van der Waals surface area contributed by atoms with Crippen molar-refractivity contribution in [3.05, 3.63) is 213 Å². The molecule has 0 fully saturated rings. The Labute approximate surface area is 278 Å². The van der Waals surface area contributed by atoms with Crippen molar-refractivity contribution in [2.75, 3.05) is 0 Å². The van der Waals surface area contributed by atoms with Crippen LogP contribution in [0.15, 0.2) is 190 Å². The van der Waals surface area contributed by atoms with Crippen LogP contribution in [-0.4, -0.2) is 23.1 Å². The monoisotopic (exact) mass is 634 g/mol. The summed E-state index contributed by atoms with van der Waals surface area (Å²) in [5, 5.41) is 10.5. The Hall–Kier alpha value is -5.42. The number of halogens is 2. The van der Waals surface area contributed by atoms with E-state index < -0.39 is 0 Å². The molecular formula is C40H28Cl2N4. The minimum Gasteiger partial charge on any atom is -0.226 e. The molecule has 0 atom stereocenters. The first-order chi connectivity index (χ1) is 22.7. The Morgan fingerprint density at radius 2 is 0.587 bits per heavy atom. The first-order valence-corrected chi connectivity index (χ1v) is 15.5. The van der Waals surface area contributed by atoms with E-state index in [9.17, 15) is 0 Å². The fourth-order valence-corrected chi connectivity index (χ4v) is 5.28. The van der Waals surface area contributed by atoms with E-state index in [0.29, 0.717) is 32.8 Å². The van der Waals surface area contributed by atoms with Crippen LogP contribution in [0.2, 0.25) is 10.0 Å². The molecule has 6 aromatic carbocycles. The molecule has 6 rings (SSSR count). The Bertz CT molecular complexity index is 1800. The van der Waals surface area contributed by atoms with Crippen LogP contribution >= 0.6 is 23.2 Å². The highest BCUT2D eigenvalue weighted by Gasteiger charge is 2.15. The molecule has 0 aliphatic carbocycles. The van der Waals surface area contributed by atoms with Crippen molar-refractivity contribution in [2.24, 2.45) is 20.2 Å². The molecule has 0 saturated heterocycles. The van der Waals surface area contributed by atoms with Gasteiger partial charge in [-0.15, -0.1) is 10.2 Å². The summed E-state index contributed by atoms with van der Waals surface area (Å²) >= 11 is 13.5. The Kier molecular flexibility index (Phi) is 10.0. The van der Waals surface area contributed by atoms with Gasteiger partial charge in [0.25, 0.3) is 0 Å². The molecule has 0 saturated carbocycles. The highest BCUT2D eigenvalue weighted by Crippen LogP contribution is 2.22. The van der Waals surface area contributed by atoms with E-state index in [0.717, 1.165) is 33.7 Å². The second kappa shape index (κ2) is 15.0. The highest BCUT2D eigenvalue weighted by molar-refractivity contribution is 6.35. The maximum absolute atomic E-state index is 6.75. The summed E-state index contributed by atoms with van der Waals surface area (Å²) in [6.45, 7) is 0. The van der Waals surface area contributed by atoms with E-state index in [1.54, 1.807) is 0 Å². The van der Waals surface area contributed by atoms with E-state index in [2.05, 4.69) is 0 Å². The van der Waals surface area contributed by atoms with Crippen molar-refractivity contribution in [1.29, 1.82) is 0 Å². The van der Waals surface area contributed by atoms with Crippen molar-refractivity contribution in [3.8, 4) is 0 Å². The summed E-state index contributed by atoms with van der Waals surface area (Å²) < 4.78 is 0. The van der Waals surface area contributed by atoms with Gasteiger partial charge in [0.15, 0.2) is 11.7 Å². The van der Waals surface area contributed by atoms with E-state index in [-0.39, 0.29) is 0 Å². The molecule has 0 aromatic heterocycles. The van der Waals surface area contributed by atoms with Gasteiger partial charge in [-0.2, -0.15) is 0 Å². The lowest BCUT2D eigenvalue weighted by Gasteiger charge is -2.11. The molecule has 0 unspecified atom stereocenters. The minimum absolute atomic E-state index is 0.328. The molecular weight excluding hydrogens is 607 g/mol. The fraction of sp³-hybridized carbons (Fsp3) is 0. The summed E-state index contributed by atoms with van der Waals surface area (Å²) in [4.78, 5) is 10.2. The maximum Gasteiger partial charge on any atom is 0.183 e. The van der Waals surface area contributed by atoms with E-state index in [1.165, 1.54) is 0 Å². The molecule has 0 heterocycles. The lowest BCUT2D eigenvalue weighted by Crippen LogP contribution is -2.10. The summed E-state index contributed by atoms with van der Waals surface area (Å²) in [6.07, 6.45) is 0. The predicted molar refractivity (Wildman–Crippen MR) is 193 cm³/mol. The van der Waals surface area contributed by atoms with Crippen LogP contribution < -0.4 is 0 Å². The molecule has 0 radical (unpaired) electrons. The quantitative estimate of drug-likeness (QED) is 0.0953. The summed E-state index contributed by atoms with van der Waals surface area (Å²) in [5.74, 6) is 0.656. The molecule has 6 aromatic rings. The van der Waals surface area contributed by atoms with Gasteiger partial charge in [-0.05, 0) is 24.3 Å². The van der Waals surface area contributed by atoms with Crippen LogP contribution in [0.4, 0.5) is 0 Å². The average molecular weight is 636 g/mol. The second-order valence-corrected chi connectivity index (χ2v) is 11.0. The van der Waals surface area contributed by atoms with Gasteiger partial charge in [0.1, 0.15) is 0 Å². The Balaban J connectivity index is 1.61. The Morgan fingerprint density at radius 1 is 0.326 bits per heavy atom. The van der Waals surface area contributed by atoms with E-state index in [4.69, 9.17) is 43.4 Å². The standard InChI is InChI=1S/C40H28Cl2N4/c41-35-27-15-13-25-33(35)39(43-37(29-17-5-1-6-18-29)30-19-7-2-8-20-30)45-46-40(34-26-14-16-28-36(34)42)44-38(31-21-9-3-10-22-31)32-23-11-4-12-24-32/h1-28H/b45-39-,46-40-. The number of amidine groups is 2. The predicted octanol–water partition coefficient (Wildman–Crippen LogP) is 10.2. The first kappa shape index (κ1) is 30.6. The number of aliphatic imine (C=N–C) groups is 2. The average Bonchev–Trinajstić information content (AvgIpc) is 3.12. The van der Waals surface area contributed by atoms with Gasteiger partial charge in [-0.3, -0.25) is 0 Å². The zero-order valence-electron chi connectivity index (χ0n) is 24.7. The molecule has 6 heteroatoms. The molecule has 46 heavy (non-hydrogen) atoms. The molecule has 0 bridgehead atoms. The number of benzene rings is 6. The second-order valence-electron chi connectivity index (χ2n) is 10.2. The van der Waals surface area contributed by atoms with Gasteiger partial charge in [-0.1, -0.05) is 169 Å². The van der Waals surface area contributed by atoms with Gasteiger partial charge >= 0.3 is 0 Å². The van der Waals surface area contributed by atoms with Gasteiger partial charge < -0.3 is 0 Å². The van der Waals surface area contributed by atoms with Gasteiger partial charge in [0, 0.05) is 33.4 Å². The highest BCUT2D eigenvalue weighted by atomic mass is 35.5. The van der Waals surface area contributed by atoms with Crippen molar-refractivity contribution < 1.29 is 0 Å². The first-order valence-electron chi connectivity index (χ1n) is 14.7. The van der Waals surface area contributed by atoms with Crippen molar-refractivity contribution in [2.45, 2.75) is 0 Å². The third-order valence-corrected chi connectivity index (χ3v) is 7.75. The number of hydrogen-bond donors (Lipinski definition) is 0. The van der Waals surface area contributed by atoms with Gasteiger partial charge in [0.05, 0.1) is 21.5 Å². The maximum atomic E-state index is 6.75. The lowest BCUT2D eigenvalue weighted by molar-refractivity contribution is 1.20. The molecule has 0 amide bonds. The lowest BCUT2D eigenvalue weighted by atomic mass is 10.0. The SMILES string of the molecule is Clc1ccccc1/C(N=C(c1ccccc1)c1ccccc1)=N/N=C(\N=C(c1ccccc1)c1ccccc1)c1ccccc1Cl. The summed E-state index contributed by atoms with van der Waals surface area (Å²) in [5.41, 5.74) is 6.43. The van der Waals surface area contributed by atoms with E-state index >= 15 is 0 Å². The van der Waals surface area contributed by atoms with Crippen molar-refractivity contribution in [1.82, 2.24) is 0 Å². The molecule has 0 spiro atoms. The van der Waals surface area contributed by atoms with Crippen molar-refractivity contribution >= 4 is 46.3 Å². The normalized spacial score (nSPS) is 11.5. The fourth-order valence-electron chi connectivity index (χ4n) is 4.84. The molecule has 0 N–H and O–H groups in total. The van der Waals surface area contributed by atoms with Crippen LogP contribution in [0.3, 0.4) is 0 Å². The van der Waals surface area contributed by atoms with Crippen molar-refractivity contribution in [3.63, 3.8) is 0 Å². The third kappa shape index (κ3) is 7.44. The summed E-state index contributed by atoms with van der Waals surface area (Å²) in [7, 11) is 0. The smallest absolute Gasteiger partial charge is 0.183 e. The van der Waals surface area contributed by atoms with Crippen LogP contribution in [-0.2, 0) is 0 Å². The van der Waals surface area contributed by atoms with Crippen LogP contribution in [0.1, 0.15) is 33.4 Å². The number of hydrogen-bond acceptors (Lipinski definition) is 2. The number of rotatable bonds is 7. The van der Waals surface area contributed by atoms with E-state index in [1.807, 2.05) is 170 Å².